The number of hydrogen-bond acceptors (Lipinski definition) is 3. The van der Waals surface area contributed by atoms with Gasteiger partial charge in [-0.3, -0.25) is 0 Å². The van der Waals surface area contributed by atoms with Crippen molar-refractivity contribution in [1.29, 1.82) is 0 Å². The molecule has 1 fully saturated rings. The highest BCUT2D eigenvalue weighted by Crippen LogP contribution is 2.25. The molecule has 88 valence electrons. The molecule has 0 aromatic heterocycles. The molecule has 2 rings (SSSR count). The predicted octanol–water partition coefficient (Wildman–Crippen LogP) is 0.844. The fourth-order valence-corrected chi connectivity index (χ4v) is 3.19. The van der Waals surface area contributed by atoms with Crippen LogP contribution in [0.4, 0.5) is 4.39 Å². The topological polar surface area (TPSA) is 57.6 Å². The van der Waals surface area contributed by atoms with Gasteiger partial charge >= 0.3 is 0 Å². The van der Waals surface area contributed by atoms with Crippen LogP contribution in [0.1, 0.15) is 0 Å². The molecule has 1 saturated heterocycles. The second-order valence-corrected chi connectivity index (χ2v) is 5.90. The minimum atomic E-state index is -3.65. The summed E-state index contributed by atoms with van der Waals surface area (Å²) in [5.41, 5.74) is 0. The number of sulfonamides is 1. The molecule has 1 aliphatic rings. The van der Waals surface area contributed by atoms with Crippen LogP contribution in [0.5, 0.6) is 0 Å². The summed E-state index contributed by atoms with van der Waals surface area (Å²) in [4.78, 5) is -0.0641. The minimum absolute atomic E-state index is 0.0641. The standard InChI is InChI=1S/C9H9ClFNO3S/c10-8-3-7(1-2-9(8)11)16(14,15)12-4-6(13)5-12/h1-3,6,13H,4-5H2. The van der Waals surface area contributed by atoms with Crippen molar-refractivity contribution in [2.24, 2.45) is 0 Å². The molecular weight excluding hydrogens is 257 g/mol. The van der Waals surface area contributed by atoms with Crippen LogP contribution in [0.2, 0.25) is 5.02 Å². The van der Waals surface area contributed by atoms with Crippen LogP contribution in [0.15, 0.2) is 23.1 Å². The van der Waals surface area contributed by atoms with E-state index in [1.165, 1.54) is 0 Å². The van der Waals surface area contributed by atoms with Gasteiger partial charge in [-0.2, -0.15) is 4.31 Å². The Bertz CT molecular complexity index is 513. The Balaban J connectivity index is 2.33. The van der Waals surface area contributed by atoms with E-state index in [9.17, 15) is 12.8 Å². The SMILES string of the molecule is O=S(=O)(c1ccc(F)c(Cl)c1)N1CC(O)C1. The van der Waals surface area contributed by atoms with Gasteiger partial charge in [-0.25, -0.2) is 12.8 Å². The Morgan fingerprint density at radius 2 is 2.06 bits per heavy atom. The van der Waals surface area contributed by atoms with Gasteiger partial charge in [0.2, 0.25) is 10.0 Å². The average molecular weight is 266 g/mol. The lowest BCUT2D eigenvalue weighted by Crippen LogP contribution is -2.53. The Hall–Kier alpha value is -0.690. The van der Waals surface area contributed by atoms with Crippen LogP contribution in [0.25, 0.3) is 0 Å². The Morgan fingerprint density at radius 3 is 2.56 bits per heavy atom. The van der Waals surface area contributed by atoms with Gasteiger partial charge in [-0.15, -0.1) is 0 Å². The summed E-state index contributed by atoms with van der Waals surface area (Å²) in [6.07, 6.45) is -0.620. The van der Waals surface area contributed by atoms with Crippen molar-refractivity contribution in [3.8, 4) is 0 Å². The molecule has 0 aliphatic carbocycles. The molecule has 1 aromatic rings. The number of hydrogen-bond donors (Lipinski definition) is 1. The van der Waals surface area contributed by atoms with E-state index in [0.717, 1.165) is 22.5 Å². The summed E-state index contributed by atoms with van der Waals surface area (Å²) in [6.45, 7) is 0.134. The quantitative estimate of drug-likeness (QED) is 0.862. The van der Waals surface area contributed by atoms with Crippen molar-refractivity contribution >= 4 is 21.6 Å². The zero-order chi connectivity index (χ0) is 11.9. The highest BCUT2D eigenvalue weighted by Gasteiger charge is 2.35. The first-order valence-corrected chi connectivity index (χ1v) is 6.36. The number of nitrogens with zero attached hydrogens (tertiary/aromatic N) is 1. The first-order chi connectivity index (χ1) is 7.41. The van der Waals surface area contributed by atoms with E-state index in [-0.39, 0.29) is 23.0 Å². The lowest BCUT2D eigenvalue weighted by Gasteiger charge is -2.34. The Labute approximate surface area is 97.3 Å². The molecule has 4 nitrogen and oxygen atoms in total. The maximum absolute atomic E-state index is 12.9. The van der Waals surface area contributed by atoms with Gasteiger partial charge in [0.25, 0.3) is 0 Å². The third-order valence-electron chi connectivity index (χ3n) is 2.36. The lowest BCUT2D eigenvalue weighted by molar-refractivity contribution is 0.0548. The predicted molar refractivity (Wildman–Crippen MR) is 56.2 cm³/mol. The smallest absolute Gasteiger partial charge is 0.243 e. The summed E-state index contributed by atoms with van der Waals surface area (Å²) < 4.78 is 37.7. The van der Waals surface area contributed by atoms with Crippen LogP contribution in [0.3, 0.4) is 0 Å². The van der Waals surface area contributed by atoms with E-state index in [1.807, 2.05) is 0 Å². The summed E-state index contributed by atoms with van der Waals surface area (Å²) in [6, 6.07) is 3.23. The Kier molecular flexibility index (Phi) is 2.91. The van der Waals surface area contributed by atoms with Crippen molar-refractivity contribution in [1.82, 2.24) is 4.31 Å². The first kappa shape index (κ1) is 11.8. The van der Waals surface area contributed by atoms with Crippen molar-refractivity contribution < 1.29 is 17.9 Å². The maximum atomic E-state index is 12.9. The van der Waals surface area contributed by atoms with E-state index in [0.29, 0.717) is 0 Å². The number of halogens is 2. The van der Waals surface area contributed by atoms with Gasteiger partial charge in [0.1, 0.15) is 5.82 Å². The fourth-order valence-electron chi connectivity index (χ4n) is 1.40. The molecule has 0 saturated carbocycles. The third kappa shape index (κ3) is 1.93. The molecule has 16 heavy (non-hydrogen) atoms. The van der Waals surface area contributed by atoms with E-state index in [4.69, 9.17) is 16.7 Å². The van der Waals surface area contributed by atoms with E-state index in [2.05, 4.69) is 0 Å². The molecule has 0 radical (unpaired) electrons. The molecule has 1 aliphatic heterocycles. The molecule has 0 bridgehead atoms. The Morgan fingerprint density at radius 1 is 1.44 bits per heavy atom. The van der Waals surface area contributed by atoms with Gasteiger partial charge in [0.15, 0.2) is 0 Å². The van der Waals surface area contributed by atoms with Gasteiger partial charge in [0, 0.05) is 13.1 Å². The summed E-state index contributed by atoms with van der Waals surface area (Å²) in [7, 11) is -3.65. The number of rotatable bonds is 2. The van der Waals surface area contributed by atoms with Gasteiger partial charge in [-0.1, -0.05) is 11.6 Å². The van der Waals surface area contributed by atoms with Crippen molar-refractivity contribution in [2.45, 2.75) is 11.0 Å². The first-order valence-electron chi connectivity index (χ1n) is 4.54. The molecule has 1 N–H and O–H groups in total. The fraction of sp³-hybridized carbons (Fsp3) is 0.333. The molecule has 7 heteroatoms. The van der Waals surface area contributed by atoms with Crippen molar-refractivity contribution in [3.05, 3.63) is 29.0 Å². The number of β-amino-alcohol motifs (C(OH)–C–C–N with tert-alkyl or cyclic N) is 1. The monoisotopic (exact) mass is 265 g/mol. The number of aliphatic hydroxyl groups is 1. The van der Waals surface area contributed by atoms with Gasteiger partial charge in [0.05, 0.1) is 16.0 Å². The van der Waals surface area contributed by atoms with Crippen LogP contribution in [-0.2, 0) is 10.0 Å². The maximum Gasteiger partial charge on any atom is 0.243 e. The molecule has 1 heterocycles. The molecule has 0 amide bonds. The summed E-state index contributed by atoms with van der Waals surface area (Å²) in [5.74, 6) is -0.663. The lowest BCUT2D eigenvalue weighted by atomic mass is 10.2. The van der Waals surface area contributed by atoms with Crippen molar-refractivity contribution in [2.75, 3.05) is 13.1 Å². The largest absolute Gasteiger partial charge is 0.390 e. The van der Waals surface area contributed by atoms with E-state index < -0.39 is 21.9 Å². The van der Waals surface area contributed by atoms with Crippen LogP contribution in [0, 0.1) is 5.82 Å². The zero-order valence-corrected chi connectivity index (χ0v) is 9.67. The molecule has 0 atom stereocenters. The highest BCUT2D eigenvalue weighted by molar-refractivity contribution is 7.89. The highest BCUT2D eigenvalue weighted by atomic mass is 35.5. The van der Waals surface area contributed by atoms with Crippen molar-refractivity contribution in [3.63, 3.8) is 0 Å². The van der Waals surface area contributed by atoms with Crippen LogP contribution in [-0.4, -0.2) is 37.0 Å². The average Bonchev–Trinajstić information content (AvgIpc) is 2.17. The second-order valence-electron chi connectivity index (χ2n) is 3.55. The van der Waals surface area contributed by atoms with E-state index in [1.54, 1.807) is 0 Å². The van der Waals surface area contributed by atoms with Gasteiger partial charge < -0.3 is 5.11 Å². The van der Waals surface area contributed by atoms with Crippen LogP contribution >= 0.6 is 11.6 Å². The summed E-state index contributed by atoms with van der Waals surface area (Å²) in [5, 5.41) is 8.80. The third-order valence-corrected chi connectivity index (χ3v) is 4.47. The molecule has 1 aromatic carbocycles. The number of benzene rings is 1. The van der Waals surface area contributed by atoms with E-state index >= 15 is 0 Å². The normalized spacial score (nSPS) is 18.4. The minimum Gasteiger partial charge on any atom is -0.390 e. The molecule has 0 unspecified atom stereocenters. The zero-order valence-electron chi connectivity index (χ0n) is 8.10. The molecule has 0 spiro atoms. The van der Waals surface area contributed by atoms with Gasteiger partial charge in [-0.05, 0) is 18.2 Å². The summed E-state index contributed by atoms with van der Waals surface area (Å²) >= 11 is 5.51. The second kappa shape index (κ2) is 3.96. The molecular formula is C9H9ClFNO3S. The van der Waals surface area contributed by atoms with Crippen LogP contribution < -0.4 is 0 Å². The number of aliphatic hydroxyl groups excluding tert-OH is 1.